The number of nitrogens with one attached hydrogen (secondary N) is 1. The number of benzene rings is 1. The molecule has 1 aromatic carbocycles. The number of guanidine groups is 1. The van der Waals surface area contributed by atoms with Gasteiger partial charge in [0.05, 0.1) is 13.2 Å². The van der Waals surface area contributed by atoms with E-state index in [2.05, 4.69) is 67.2 Å². The van der Waals surface area contributed by atoms with E-state index in [-0.39, 0.29) is 0 Å². The number of rotatable bonds is 5. The molecule has 2 atom stereocenters. The fourth-order valence-corrected chi connectivity index (χ4v) is 4.93. The van der Waals surface area contributed by atoms with Crippen LogP contribution in [0.5, 0.6) is 0 Å². The Morgan fingerprint density at radius 1 is 1.07 bits per heavy atom. The van der Waals surface area contributed by atoms with Gasteiger partial charge in [0.25, 0.3) is 0 Å². The van der Waals surface area contributed by atoms with Gasteiger partial charge in [0.1, 0.15) is 0 Å². The highest BCUT2D eigenvalue weighted by Crippen LogP contribution is 2.18. The average Bonchev–Trinajstić information content (AvgIpc) is 3.31. The second kappa shape index (κ2) is 10.5. The molecule has 0 bridgehead atoms. The number of aliphatic imine (C=N–C) groups is 1. The zero-order valence-corrected chi connectivity index (χ0v) is 18.7. The summed E-state index contributed by atoms with van der Waals surface area (Å²) in [6, 6.07) is 11.9. The Bertz CT molecular complexity index is 670. The van der Waals surface area contributed by atoms with Crippen molar-refractivity contribution >= 4 is 11.6 Å². The molecule has 0 radical (unpaired) electrons. The highest BCUT2D eigenvalue weighted by molar-refractivity contribution is 5.80. The second-order valence-corrected chi connectivity index (χ2v) is 8.67. The van der Waals surface area contributed by atoms with E-state index in [0.717, 1.165) is 78.1 Å². The summed E-state index contributed by atoms with van der Waals surface area (Å²) in [6.07, 6.45) is 1.22. The van der Waals surface area contributed by atoms with Crippen LogP contribution in [0.4, 0.5) is 5.69 Å². The Morgan fingerprint density at radius 2 is 1.80 bits per heavy atom. The van der Waals surface area contributed by atoms with E-state index in [9.17, 15) is 0 Å². The molecule has 2 unspecified atom stereocenters. The van der Waals surface area contributed by atoms with Crippen LogP contribution in [-0.2, 0) is 4.74 Å². The fourth-order valence-electron chi connectivity index (χ4n) is 4.93. The molecule has 3 saturated heterocycles. The summed E-state index contributed by atoms with van der Waals surface area (Å²) >= 11 is 0. The van der Waals surface area contributed by atoms with Crippen molar-refractivity contribution in [2.45, 2.75) is 25.4 Å². The van der Waals surface area contributed by atoms with Crippen LogP contribution in [0.2, 0.25) is 0 Å². The maximum absolute atomic E-state index is 5.51. The van der Waals surface area contributed by atoms with Crippen LogP contribution in [0.15, 0.2) is 35.3 Å². The van der Waals surface area contributed by atoms with Gasteiger partial charge < -0.3 is 19.9 Å². The molecule has 7 heteroatoms. The van der Waals surface area contributed by atoms with Gasteiger partial charge in [-0.25, -0.2) is 0 Å². The van der Waals surface area contributed by atoms with E-state index < -0.39 is 0 Å². The van der Waals surface area contributed by atoms with Gasteiger partial charge in [0, 0.05) is 83.7 Å². The fraction of sp³-hybridized carbons (Fsp3) is 0.696. The lowest BCUT2D eigenvalue weighted by Crippen LogP contribution is -2.53. The molecule has 0 aliphatic carbocycles. The van der Waals surface area contributed by atoms with E-state index in [4.69, 9.17) is 4.74 Å². The predicted octanol–water partition coefficient (Wildman–Crippen LogP) is 1.18. The van der Waals surface area contributed by atoms with Gasteiger partial charge in [0.2, 0.25) is 0 Å². The third-order valence-corrected chi connectivity index (χ3v) is 6.85. The Kier molecular flexibility index (Phi) is 7.47. The first-order valence-electron chi connectivity index (χ1n) is 11.6. The van der Waals surface area contributed by atoms with E-state index in [1.54, 1.807) is 0 Å². The number of piperazine rings is 1. The number of likely N-dealkylation sites (tertiary alicyclic amines) is 1. The van der Waals surface area contributed by atoms with Gasteiger partial charge in [-0.2, -0.15) is 0 Å². The van der Waals surface area contributed by atoms with Crippen molar-refractivity contribution in [2.24, 2.45) is 4.99 Å². The molecule has 7 nitrogen and oxygen atoms in total. The first kappa shape index (κ1) is 21.4. The number of hydrogen-bond acceptors (Lipinski definition) is 5. The molecular weight excluding hydrogens is 376 g/mol. The van der Waals surface area contributed by atoms with Crippen LogP contribution < -0.4 is 10.2 Å². The molecule has 0 spiro atoms. The van der Waals surface area contributed by atoms with Gasteiger partial charge in [-0.3, -0.25) is 14.8 Å². The predicted molar refractivity (Wildman–Crippen MR) is 123 cm³/mol. The van der Waals surface area contributed by atoms with Crippen molar-refractivity contribution < 1.29 is 4.74 Å². The molecule has 4 rings (SSSR count). The highest BCUT2D eigenvalue weighted by Gasteiger charge is 2.30. The standard InChI is InChI=1S/C23H38N6O/c1-20(26-10-12-27(13-11-26)21-6-4-3-5-7-21)18-25-23(24-2)29-9-8-22(19-29)28-14-16-30-17-15-28/h3-7,20,22H,8-19H2,1-2H3,(H,24,25). The third kappa shape index (κ3) is 5.25. The maximum Gasteiger partial charge on any atom is 0.193 e. The van der Waals surface area contributed by atoms with Crippen molar-refractivity contribution in [1.82, 2.24) is 20.0 Å². The van der Waals surface area contributed by atoms with Crippen molar-refractivity contribution in [3.05, 3.63) is 30.3 Å². The minimum atomic E-state index is 0.498. The SMILES string of the molecule is CN=C(NCC(C)N1CCN(c2ccccc2)CC1)N1CCC(N2CCOCC2)C1. The van der Waals surface area contributed by atoms with E-state index in [1.165, 1.54) is 12.1 Å². The summed E-state index contributed by atoms with van der Waals surface area (Å²) in [5, 5.41) is 3.65. The molecule has 0 saturated carbocycles. The second-order valence-electron chi connectivity index (χ2n) is 8.67. The minimum Gasteiger partial charge on any atom is -0.379 e. The molecule has 3 aliphatic heterocycles. The number of nitrogens with zero attached hydrogens (tertiary/aromatic N) is 5. The van der Waals surface area contributed by atoms with Crippen molar-refractivity contribution in [3.8, 4) is 0 Å². The maximum atomic E-state index is 5.51. The summed E-state index contributed by atoms with van der Waals surface area (Å²) in [5.74, 6) is 1.06. The molecule has 30 heavy (non-hydrogen) atoms. The summed E-state index contributed by atoms with van der Waals surface area (Å²) in [5.41, 5.74) is 1.34. The first-order chi connectivity index (χ1) is 14.7. The van der Waals surface area contributed by atoms with E-state index >= 15 is 0 Å². The molecule has 3 fully saturated rings. The molecule has 3 heterocycles. The van der Waals surface area contributed by atoms with Crippen LogP contribution in [0.25, 0.3) is 0 Å². The summed E-state index contributed by atoms with van der Waals surface area (Å²) in [6.45, 7) is 13.7. The van der Waals surface area contributed by atoms with Gasteiger partial charge in [-0.1, -0.05) is 18.2 Å². The van der Waals surface area contributed by atoms with Crippen LogP contribution in [0, 0.1) is 0 Å². The van der Waals surface area contributed by atoms with Crippen molar-refractivity contribution in [1.29, 1.82) is 0 Å². The van der Waals surface area contributed by atoms with Gasteiger partial charge in [-0.15, -0.1) is 0 Å². The Morgan fingerprint density at radius 3 is 2.50 bits per heavy atom. The number of morpholine rings is 1. The lowest BCUT2D eigenvalue weighted by atomic mass is 10.2. The Labute approximate surface area is 181 Å². The smallest absolute Gasteiger partial charge is 0.193 e. The van der Waals surface area contributed by atoms with Gasteiger partial charge >= 0.3 is 0 Å². The van der Waals surface area contributed by atoms with Crippen LogP contribution in [0.3, 0.4) is 0 Å². The monoisotopic (exact) mass is 414 g/mol. The first-order valence-corrected chi connectivity index (χ1v) is 11.6. The van der Waals surface area contributed by atoms with Crippen LogP contribution in [0.1, 0.15) is 13.3 Å². The average molecular weight is 415 g/mol. The van der Waals surface area contributed by atoms with E-state index in [0.29, 0.717) is 12.1 Å². The molecule has 3 aliphatic rings. The quantitative estimate of drug-likeness (QED) is 0.577. The normalized spacial score (nSPS) is 25.5. The van der Waals surface area contributed by atoms with E-state index in [1.807, 2.05) is 7.05 Å². The molecular formula is C23H38N6O. The summed E-state index contributed by atoms with van der Waals surface area (Å²) < 4.78 is 5.51. The zero-order valence-electron chi connectivity index (χ0n) is 18.7. The topological polar surface area (TPSA) is 46.6 Å². The van der Waals surface area contributed by atoms with Gasteiger partial charge in [-0.05, 0) is 25.5 Å². The van der Waals surface area contributed by atoms with Crippen LogP contribution >= 0.6 is 0 Å². The molecule has 0 amide bonds. The molecule has 1 N–H and O–H groups in total. The Hall–Kier alpha value is -1.83. The van der Waals surface area contributed by atoms with Gasteiger partial charge in [0.15, 0.2) is 5.96 Å². The lowest BCUT2D eigenvalue weighted by Gasteiger charge is -2.39. The number of ether oxygens (including phenoxy) is 1. The number of anilines is 1. The number of para-hydroxylation sites is 1. The molecule has 0 aromatic heterocycles. The molecule has 1 aromatic rings. The summed E-state index contributed by atoms with van der Waals surface area (Å²) in [7, 11) is 1.91. The number of hydrogen-bond donors (Lipinski definition) is 1. The highest BCUT2D eigenvalue weighted by atomic mass is 16.5. The molecule has 166 valence electrons. The van der Waals surface area contributed by atoms with Crippen molar-refractivity contribution in [2.75, 3.05) is 84.1 Å². The Balaban J connectivity index is 1.21. The lowest BCUT2D eigenvalue weighted by molar-refractivity contribution is 0.0194. The summed E-state index contributed by atoms with van der Waals surface area (Å²) in [4.78, 5) is 14.7. The van der Waals surface area contributed by atoms with Crippen molar-refractivity contribution in [3.63, 3.8) is 0 Å². The zero-order chi connectivity index (χ0) is 20.8. The van der Waals surface area contributed by atoms with Crippen LogP contribution in [-0.4, -0.2) is 112 Å². The minimum absolute atomic E-state index is 0.498. The third-order valence-electron chi connectivity index (χ3n) is 6.85. The largest absolute Gasteiger partial charge is 0.379 e.